The third-order valence-electron chi connectivity index (χ3n) is 6.22. The number of benzene rings is 3. The molecule has 1 aliphatic heterocycles. The zero-order valence-corrected chi connectivity index (χ0v) is 21.2. The number of ketones is 1. The summed E-state index contributed by atoms with van der Waals surface area (Å²) in [4.78, 5) is 39.8. The molecule has 1 N–H and O–H groups in total. The van der Waals surface area contributed by atoms with Crippen LogP contribution in [0.5, 0.6) is 0 Å². The van der Waals surface area contributed by atoms with E-state index in [1.165, 1.54) is 24.1 Å². The van der Waals surface area contributed by atoms with Gasteiger partial charge in [-0.05, 0) is 65.1 Å². The van der Waals surface area contributed by atoms with Gasteiger partial charge in [0, 0.05) is 16.3 Å². The van der Waals surface area contributed by atoms with Gasteiger partial charge in [-0.15, -0.1) is 0 Å². The molecule has 184 valence electrons. The number of hydrogen-bond donors (Lipinski definition) is 1. The number of hydrogen-bond acceptors (Lipinski definition) is 5. The molecule has 3 aromatic rings. The van der Waals surface area contributed by atoms with Gasteiger partial charge in [-0.25, -0.2) is 4.79 Å². The van der Waals surface area contributed by atoms with Gasteiger partial charge in [-0.3, -0.25) is 14.5 Å². The number of rotatable bonds is 4. The molecular formula is C29H26ClNO5. The summed E-state index contributed by atoms with van der Waals surface area (Å²) in [7, 11) is 1.28. The highest BCUT2D eigenvalue weighted by molar-refractivity contribution is 6.51. The topological polar surface area (TPSA) is 83.9 Å². The second kappa shape index (κ2) is 9.63. The van der Waals surface area contributed by atoms with Crippen molar-refractivity contribution in [2.45, 2.75) is 32.2 Å². The first-order valence-electron chi connectivity index (χ1n) is 11.4. The maximum atomic E-state index is 13.3. The predicted molar refractivity (Wildman–Crippen MR) is 139 cm³/mol. The van der Waals surface area contributed by atoms with Crippen molar-refractivity contribution in [2.24, 2.45) is 0 Å². The van der Waals surface area contributed by atoms with Gasteiger partial charge in [0.2, 0.25) is 0 Å². The van der Waals surface area contributed by atoms with Gasteiger partial charge in [0.05, 0.1) is 24.3 Å². The minimum Gasteiger partial charge on any atom is -0.507 e. The van der Waals surface area contributed by atoms with Crippen molar-refractivity contribution < 1.29 is 24.2 Å². The number of Topliss-reactive ketones (excluding diaryl/α,β-unsaturated/α-hetero) is 1. The summed E-state index contributed by atoms with van der Waals surface area (Å²) in [6.45, 7) is 6.28. The number of esters is 1. The quantitative estimate of drug-likeness (QED) is 0.203. The standard InChI is InChI=1S/C29H26ClNO5/c1-29(2,3)20-11-5-17(6-12-20)24-23(25(32)18-7-13-21(30)14-8-18)26(33)27(34)31(24)22-15-9-19(10-16-22)28(35)36-4/h5-16,24,32H,1-4H3/b25-23+. The number of carbonyl (C=O) groups excluding carboxylic acids is 3. The lowest BCUT2D eigenvalue weighted by Gasteiger charge is -2.26. The van der Waals surface area contributed by atoms with Gasteiger partial charge in [-0.2, -0.15) is 0 Å². The van der Waals surface area contributed by atoms with Crippen molar-refractivity contribution >= 4 is 40.7 Å². The van der Waals surface area contributed by atoms with Crippen LogP contribution in [0.25, 0.3) is 5.76 Å². The molecule has 1 saturated heterocycles. The Hall–Kier alpha value is -3.90. The van der Waals surface area contributed by atoms with E-state index < -0.39 is 23.7 Å². The first-order chi connectivity index (χ1) is 17.0. The van der Waals surface area contributed by atoms with Gasteiger partial charge in [0.25, 0.3) is 11.7 Å². The first kappa shape index (κ1) is 25.2. The van der Waals surface area contributed by atoms with E-state index in [1.807, 2.05) is 24.3 Å². The molecule has 0 spiro atoms. The average molecular weight is 504 g/mol. The van der Waals surface area contributed by atoms with Crippen molar-refractivity contribution in [1.29, 1.82) is 0 Å². The SMILES string of the molecule is COC(=O)c1ccc(N2C(=O)C(=O)/C(=C(/O)c3ccc(Cl)cc3)C2c2ccc(C(C)(C)C)cc2)cc1. The minimum atomic E-state index is -0.876. The summed E-state index contributed by atoms with van der Waals surface area (Å²) in [6, 6.07) is 19.4. The summed E-state index contributed by atoms with van der Waals surface area (Å²) in [5.41, 5.74) is 2.72. The Morgan fingerprint density at radius 1 is 0.889 bits per heavy atom. The fraction of sp³-hybridized carbons (Fsp3) is 0.207. The van der Waals surface area contributed by atoms with Crippen LogP contribution in [0.1, 0.15) is 53.9 Å². The van der Waals surface area contributed by atoms with Gasteiger partial charge < -0.3 is 9.84 Å². The lowest BCUT2D eigenvalue weighted by atomic mass is 9.85. The molecule has 1 heterocycles. The second-order valence-corrected chi connectivity index (χ2v) is 10.0. The second-order valence-electron chi connectivity index (χ2n) is 9.59. The molecule has 0 aromatic heterocycles. The summed E-state index contributed by atoms with van der Waals surface area (Å²) in [6.07, 6.45) is 0. The van der Waals surface area contributed by atoms with Crippen molar-refractivity contribution in [3.05, 3.63) is 106 Å². The number of halogens is 1. The third kappa shape index (κ3) is 4.64. The van der Waals surface area contributed by atoms with Gasteiger partial charge in [-0.1, -0.05) is 56.6 Å². The zero-order valence-electron chi connectivity index (χ0n) is 20.4. The summed E-state index contributed by atoms with van der Waals surface area (Å²) < 4.78 is 4.75. The molecule has 6 nitrogen and oxygen atoms in total. The van der Waals surface area contributed by atoms with Crippen LogP contribution in [0.4, 0.5) is 5.69 Å². The summed E-state index contributed by atoms with van der Waals surface area (Å²) in [5, 5.41) is 11.7. The fourth-order valence-corrected chi connectivity index (χ4v) is 4.34. The molecular weight excluding hydrogens is 478 g/mol. The maximum absolute atomic E-state index is 13.3. The highest BCUT2D eigenvalue weighted by Crippen LogP contribution is 2.42. The smallest absolute Gasteiger partial charge is 0.337 e. The number of ether oxygens (including phenoxy) is 1. The molecule has 1 atom stereocenters. The van der Waals surface area contributed by atoms with E-state index in [0.717, 1.165) is 5.56 Å². The number of methoxy groups -OCH3 is 1. The highest BCUT2D eigenvalue weighted by Gasteiger charge is 2.47. The van der Waals surface area contributed by atoms with Crippen molar-refractivity contribution in [3.8, 4) is 0 Å². The Bertz CT molecular complexity index is 1350. The maximum Gasteiger partial charge on any atom is 0.337 e. The molecule has 0 radical (unpaired) electrons. The summed E-state index contributed by atoms with van der Waals surface area (Å²) >= 11 is 5.99. The molecule has 0 saturated carbocycles. The third-order valence-corrected chi connectivity index (χ3v) is 6.47. The van der Waals surface area contributed by atoms with Crippen molar-refractivity contribution in [3.63, 3.8) is 0 Å². The normalized spacial score (nSPS) is 17.4. The van der Waals surface area contributed by atoms with E-state index >= 15 is 0 Å². The molecule has 7 heteroatoms. The van der Waals surface area contributed by atoms with E-state index in [2.05, 4.69) is 20.8 Å². The zero-order chi connectivity index (χ0) is 26.2. The van der Waals surface area contributed by atoms with E-state index in [0.29, 0.717) is 27.4 Å². The highest BCUT2D eigenvalue weighted by atomic mass is 35.5. The van der Waals surface area contributed by atoms with Crippen molar-refractivity contribution in [2.75, 3.05) is 12.0 Å². The number of amides is 1. The predicted octanol–water partition coefficient (Wildman–Crippen LogP) is 6.05. The lowest BCUT2D eigenvalue weighted by molar-refractivity contribution is -0.132. The lowest BCUT2D eigenvalue weighted by Crippen LogP contribution is -2.29. The van der Waals surface area contributed by atoms with Crippen LogP contribution in [0, 0.1) is 0 Å². The molecule has 4 rings (SSSR count). The number of anilines is 1. The monoisotopic (exact) mass is 503 g/mol. The molecule has 1 unspecified atom stereocenters. The van der Waals surface area contributed by atoms with E-state index in [9.17, 15) is 19.5 Å². The van der Waals surface area contributed by atoms with Crippen LogP contribution in [0.15, 0.2) is 78.4 Å². The molecule has 0 aliphatic carbocycles. The van der Waals surface area contributed by atoms with Gasteiger partial charge in [0.15, 0.2) is 0 Å². The Kier molecular flexibility index (Phi) is 6.74. The van der Waals surface area contributed by atoms with Gasteiger partial charge in [0.1, 0.15) is 5.76 Å². The fourth-order valence-electron chi connectivity index (χ4n) is 4.22. The molecule has 1 amide bonds. The van der Waals surface area contributed by atoms with E-state index in [4.69, 9.17) is 16.3 Å². The van der Waals surface area contributed by atoms with Crippen LogP contribution < -0.4 is 4.90 Å². The van der Waals surface area contributed by atoms with Crippen LogP contribution in [0.2, 0.25) is 5.02 Å². The minimum absolute atomic E-state index is 0.0251. The summed E-state index contributed by atoms with van der Waals surface area (Å²) in [5.74, 6) is -2.38. The number of carbonyl (C=O) groups is 3. The number of nitrogens with zero attached hydrogens (tertiary/aromatic N) is 1. The van der Waals surface area contributed by atoms with E-state index in [1.54, 1.807) is 36.4 Å². The molecule has 36 heavy (non-hydrogen) atoms. The Balaban J connectivity index is 1.89. The molecule has 0 bridgehead atoms. The largest absolute Gasteiger partial charge is 0.507 e. The number of aliphatic hydroxyl groups is 1. The van der Waals surface area contributed by atoms with Crippen LogP contribution in [-0.4, -0.2) is 29.9 Å². The first-order valence-corrected chi connectivity index (χ1v) is 11.8. The Morgan fingerprint density at radius 3 is 1.97 bits per heavy atom. The van der Waals surface area contributed by atoms with Gasteiger partial charge >= 0.3 is 5.97 Å². The van der Waals surface area contributed by atoms with Crippen LogP contribution >= 0.6 is 11.6 Å². The Labute approximate surface area is 214 Å². The van der Waals surface area contributed by atoms with Crippen LogP contribution in [0.3, 0.4) is 0 Å². The van der Waals surface area contributed by atoms with E-state index in [-0.39, 0.29) is 16.7 Å². The molecule has 3 aromatic carbocycles. The molecule has 1 fully saturated rings. The molecule has 1 aliphatic rings. The average Bonchev–Trinajstić information content (AvgIpc) is 3.13. The number of aliphatic hydroxyl groups excluding tert-OH is 1. The Morgan fingerprint density at radius 2 is 1.44 bits per heavy atom. The van der Waals surface area contributed by atoms with Crippen molar-refractivity contribution in [1.82, 2.24) is 0 Å². The van der Waals surface area contributed by atoms with Crippen LogP contribution in [-0.2, 0) is 19.7 Å².